The van der Waals surface area contributed by atoms with Gasteiger partial charge >= 0.3 is 6.11 Å². The Balaban J connectivity index is 1.38. The third-order valence-corrected chi connectivity index (χ3v) is 7.68. The van der Waals surface area contributed by atoms with Crippen LogP contribution in [0.5, 0.6) is 5.75 Å². The summed E-state index contributed by atoms with van der Waals surface area (Å²) in [7, 11) is 0. The number of nitriles is 1. The van der Waals surface area contributed by atoms with E-state index in [0.717, 1.165) is 49.1 Å². The molecule has 5 rings (SSSR count). The van der Waals surface area contributed by atoms with Crippen LogP contribution < -0.4 is 4.74 Å². The minimum Gasteiger partial charge on any atom is -0.429 e. The van der Waals surface area contributed by atoms with E-state index in [9.17, 15) is 17.6 Å². The van der Waals surface area contributed by atoms with Gasteiger partial charge in [0.15, 0.2) is 0 Å². The molecule has 0 aliphatic rings. The minimum atomic E-state index is -4.70. The lowest BCUT2D eigenvalue weighted by molar-refractivity contribution is -0.189. The molecule has 2 nitrogen and oxygen atoms in total. The molecule has 0 aromatic heterocycles. The number of ether oxygens (including phenoxy) is 1. The molecule has 0 aliphatic carbocycles. The molecule has 0 radical (unpaired) electrons. The van der Waals surface area contributed by atoms with Crippen molar-refractivity contribution >= 4 is 0 Å². The van der Waals surface area contributed by atoms with Gasteiger partial charge in [-0.05, 0) is 83.6 Å². The number of unbranched alkanes of at least 4 members (excludes halogenated alkanes) is 2. The van der Waals surface area contributed by atoms with Crippen LogP contribution >= 0.6 is 0 Å². The fraction of sp³-hybridized carbons (Fsp3) is 0.162. The smallest absolute Gasteiger partial charge is 0.429 e. The lowest BCUT2D eigenvalue weighted by Gasteiger charge is -2.20. The molecule has 5 aromatic rings. The molecule has 0 saturated heterocycles. The van der Waals surface area contributed by atoms with Crippen LogP contribution in [0.3, 0.4) is 0 Å². The number of rotatable bonds is 10. The van der Waals surface area contributed by atoms with E-state index in [2.05, 4.69) is 4.74 Å². The zero-order valence-electron chi connectivity index (χ0n) is 25.1. The minimum absolute atomic E-state index is 0.102. The molecule has 0 amide bonds. The van der Waals surface area contributed by atoms with Gasteiger partial charge < -0.3 is 4.74 Å². The van der Waals surface area contributed by atoms with E-state index in [-0.39, 0.29) is 22.3 Å². The summed E-state index contributed by atoms with van der Waals surface area (Å²) >= 11 is 0. The highest BCUT2D eigenvalue weighted by atomic mass is 19.3. The maximum absolute atomic E-state index is 15.2. The molecule has 0 heterocycles. The Kier molecular flexibility index (Phi) is 9.85. The summed E-state index contributed by atoms with van der Waals surface area (Å²) < 4.78 is 137. The van der Waals surface area contributed by atoms with Gasteiger partial charge in [-0.3, -0.25) is 0 Å². The Morgan fingerprint density at radius 1 is 0.583 bits per heavy atom. The summed E-state index contributed by atoms with van der Waals surface area (Å²) in [6, 6.07) is 13.7. The summed E-state index contributed by atoms with van der Waals surface area (Å²) in [5.74, 6) is -9.89. The maximum Gasteiger partial charge on any atom is 0.432 e. The Morgan fingerprint density at radius 2 is 1.08 bits per heavy atom. The highest BCUT2D eigenvalue weighted by molar-refractivity contribution is 5.72. The second-order valence-corrected chi connectivity index (χ2v) is 11.0. The number of benzene rings is 5. The van der Waals surface area contributed by atoms with Crippen molar-refractivity contribution in [2.45, 2.75) is 38.7 Å². The first-order valence-corrected chi connectivity index (χ1v) is 14.7. The van der Waals surface area contributed by atoms with Gasteiger partial charge in [0, 0.05) is 22.8 Å². The van der Waals surface area contributed by atoms with Gasteiger partial charge in [-0.1, -0.05) is 44.0 Å². The van der Waals surface area contributed by atoms with Crippen LogP contribution in [0.25, 0.3) is 33.4 Å². The maximum atomic E-state index is 15.2. The molecule has 5 aromatic carbocycles. The molecule has 0 N–H and O–H groups in total. The predicted molar refractivity (Wildman–Crippen MR) is 161 cm³/mol. The van der Waals surface area contributed by atoms with Crippen molar-refractivity contribution in [1.82, 2.24) is 0 Å². The van der Waals surface area contributed by atoms with Crippen molar-refractivity contribution in [3.05, 3.63) is 136 Å². The Morgan fingerprint density at radius 3 is 1.62 bits per heavy atom. The molecule has 11 heteroatoms. The van der Waals surface area contributed by atoms with E-state index in [4.69, 9.17) is 5.26 Å². The van der Waals surface area contributed by atoms with Gasteiger partial charge in [0.25, 0.3) is 0 Å². The van der Waals surface area contributed by atoms with Crippen molar-refractivity contribution in [3.63, 3.8) is 0 Å². The van der Waals surface area contributed by atoms with Gasteiger partial charge in [0.05, 0.1) is 0 Å². The number of alkyl halides is 2. The van der Waals surface area contributed by atoms with Crippen LogP contribution in [-0.2, 0) is 12.5 Å². The summed E-state index contributed by atoms with van der Waals surface area (Å²) in [6.45, 7) is 2.05. The van der Waals surface area contributed by atoms with E-state index < -0.39 is 74.8 Å². The average Bonchev–Trinajstić information content (AvgIpc) is 3.00. The Hall–Kier alpha value is -5.24. The molecular formula is C37H24F9NO. The van der Waals surface area contributed by atoms with Crippen LogP contribution in [0, 0.1) is 52.1 Å². The number of hydrogen-bond donors (Lipinski definition) is 0. The van der Waals surface area contributed by atoms with Crippen molar-refractivity contribution in [2.24, 2.45) is 0 Å². The number of halogens is 9. The third kappa shape index (κ3) is 7.03. The highest BCUT2D eigenvalue weighted by Crippen LogP contribution is 2.39. The fourth-order valence-electron chi connectivity index (χ4n) is 5.28. The molecular weight excluding hydrogens is 645 g/mol. The first kappa shape index (κ1) is 34.1. The highest BCUT2D eigenvalue weighted by Gasteiger charge is 2.41. The van der Waals surface area contributed by atoms with Gasteiger partial charge in [-0.15, -0.1) is 0 Å². The number of aryl methyl sites for hydroxylation is 1. The van der Waals surface area contributed by atoms with Crippen LogP contribution in [0.1, 0.15) is 42.9 Å². The Labute approximate surface area is 269 Å². The molecule has 0 unspecified atom stereocenters. The second kappa shape index (κ2) is 13.9. The summed E-state index contributed by atoms with van der Waals surface area (Å²) in [5.41, 5.74) is -3.28. The summed E-state index contributed by atoms with van der Waals surface area (Å²) in [4.78, 5) is 0. The lowest BCUT2D eigenvalue weighted by Crippen LogP contribution is -2.25. The molecule has 48 heavy (non-hydrogen) atoms. The van der Waals surface area contributed by atoms with Crippen LogP contribution in [0.15, 0.2) is 78.9 Å². The number of hydrogen-bond acceptors (Lipinski definition) is 2. The fourth-order valence-corrected chi connectivity index (χ4v) is 5.28. The SMILES string of the molecule is CCCCCc1ccc(-c2ccc(-c3cc(F)c(C(F)(F)Oc4ccc(-c5cc(F)c(C#N)c(F)c5)c(F)c4)c(F)c3)c(F)c2)c(F)c1. The van der Waals surface area contributed by atoms with E-state index >= 15 is 22.0 Å². The standard InChI is InChI=1S/C37H24F9NO/c1-2-3-4-5-20-6-9-25(29(38)12-20)21-7-10-26(30(39)13-21)23-16-34(43)36(35(44)17-23)37(45,46)48-24-8-11-27(33(42)18-24)22-14-31(40)28(19-47)32(41)15-22/h6-18H,2-5H2,1H3. The molecule has 0 bridgehead atoms. The van der Waals surface area contributed by atoms with Gasteiger partial charge in [0.2, 0.25) is 0 Å². The van der Waals surface area contributed by atoms with Crippen molar-refractivity contribution in [1.29, 1.82) is 5.26 Å². The first-order valence-electron chi connectivity index (χ1n) is 14.7. The van der Waals surface area contributed by atoms with Gasteiger partial charge in [0.1, 0.15) is 63.7 Å². The van der Waals surface area contributed by atoms with E-state index in [1.807, 2.05) is 6.92 Å². The molecule has 246 valence electrons. The zero-order valence-corrected chi connectivity index (χ0v) is 25.1. The number of nitrogens with zero attached hydrogens (tertiary/aromatic N) is 1. The van der Waals surface area contributed by atoms with Crippen LogP contribution in [-0.4, -0.2) is 0 Å². The largest absolute Gasteiger partial charge is 0.432 e. The normalized spacial score (nSPS) is 11.4. The lowest BCUT2D eigenvalue weighted by atomic mass is 9.96. The second-order valence-electron chi connectivity index (χ2n) is 11.0. The van der Waals surface area contributed by atoms with Crippen molar-refractivity contribution < 1.29 is 44.3 Å². The summed E-state index contributed by atoms with van der Waals surface area (Å²) in [6.07, 6.45) is -1.12. The topological polar surface area (TPSA) is 33.0 Å². The quantitative estimate of drug-likeness (QED) is 0.110. The summed E-state index contributed by atoms with van der Waals surface area (Å²) in [5, 5.41) is 8.79. The molecule has 0 saturated carbocycles. The van der Waals surface area contributed by atoms with Crippen molar-refractivity contribution in [2.75, 3.05) is 0 Å². The Bertz CT molecular complexity index is 2010. The molecule has 0 atom stereocenters. The molecule has 0 spiro atoms. The van der Waals surface area contributed by atoms with Crippen molar-refractivity contribution in [3.8, 4) is 45.2 Å². The molecule has 0 aliphatic heterocycles. The van der Waals surface area contributed by atoms with Crippen LogP contribution in [0.4, 0.5) is 39.5 Å². The van der Waals surface area contributed by atoms with Gasteiger partial charge in [-0.2, -0.15) is 14.0 Å². The zero-order chi connectivity index (χ0) is 34.7. The van der Waals surface area contributed by atoms with Gasteiger partial charge in [-0.25, -0.2) is 30.7 Å². The monoisotopic (exact) mass is 669 g/mol. The van der Waals surface area contributed by atoms with Crippen LogP contribution in [0.2, 0.25) is 0 Å². The van der Waals surface area contributed by atoms with E-state index in [0.29, 0.717) is 36.8 Å². The third-order valence-electron chi connectivity index (χ3n) is 7.68. The average molecular weight is 670 g/mol. The predicted octanol–water partition coefficient (Wildman–Crippen LogP) is 11.4. The first-order chi connectivity index (χ1) is 22.8. The van der Waals surface area contributed by atoms with E-state index in [1.165, 1.54) is 24.3 Å². The van der Waals surface area contributed by atoms with E-state index in [1.54, 1.807) is 6.07 Å². The molecule has 0 fully saturated rings.